The van der Waals surface area contributed by atoms with Crippen molar-refractivity contribution in [1.82, 2.24) is 14.7 Å². The maximum Gasteiger partial charge on any atom is 0.361 e. The van der Waals surface area contributed by atoms with Gasteiger partial charge in [0.1, 0.15) is 17.8 Å². The number of ether oxygens (including phenoxy) is 1. The predicted octanol–water partition coefficient (Wildman–Crippen LogP) is 1.82. The largest absolute Gasteiger partial charge is 0.461 e. The topological polar surface area (TPSA) is 116 Å². The summed E-state index contributed by atoms with van der Waals surface area (Å²) in [6.45, 7) is 4.96. The quantitative estimate of drug-likeness (QED) is 0.681. The Balaban J connectivity index is 1.94. The zero-order chi connectivity index (χ0) is 19.6. The Morgan fingerprint density at radius 2 is 2.07 bits per heavy atom. The van der Waals surface area contributed by atoms with Crippen LogP contribution < -0.4 is 10.9 Å². The second kappa shape index (κ2) is 7.40. The Bertz CT molecular complexity index is 1080. The van der Waals surface area contributed by atoms with Gasteiger partial charge in [-0.05, 0) is 38.5 Å². The molecular formula is C18H18N4O5. The molecule has 0 aliphatic carbocycles. The first kappa shape index (κ1) is 18.3. The van der Waals surface area contributed by atoms with Gasteiger partial charge in [0.05, 0.1) is 6.61 Å². The highest BCUT2D eigenvalue weighted by molar-refractivity contribution is 6.00. The molecule has 9 heteroatoms. The Hall–Kier alpha value is -3.49. The van der Waals surface area contributed by atoms with Gasteiger partial charge in [0.15, 0.2) is 0 Å². The maximum atomic E-state index is 12.8. The third kappa shape index (κ3) is 3.71. The standard InChI is InChI=1S/C18H18N4O5/c1-4-26-18(25)15-14-16(27-21-15)19-11(3)22(17(14)24)9-13(23)20-12-7-5-6-10(2)8-12/h5-8H,4,9H2,1-3H3,(H,20,23). The van der Waals surface area contributed by atoms with Crippen molar-refractivity contribution in [3.05, 3.63) is 51.7 Å². The summed E-state index contributed by atoms with van der Waals surface area (Å²) in [5.41, 5.74) is 0.694. The number of nitrogens with zero attached hydrogens (tertiary/aromatic N) is 3. The van der Waals surface area contributed by atoms with E-state index in [1.54, 1.807) is 19.9 Å². The molecule has 0 saturated carbocycles. The molecule has 0 aliphatic heterocycles. The molecule has 27 heavy (non-hydrogen) atoms. The number of fused-ring (bicyclic) bond motifs is 1. The second-order valence-corrected chi connectivity index (χ2v) is 5.90. The van der Waals surface area contributed by atoms with Crippen LogP contribution in [0.5, 0.6) is 0 Å². The first-order chi connectivity index (χ1) is 12.9. The average molecular weight is 370 g/mol. The fourth-order valence-corrected chi connectivity index (χ4v) is 2.63. The lowest BCUT2D eigenvalue weighted by Crippen LogP contribution is -2.30. The van der Waals surface area contributed by atoms with Crippen LogP contribution >= 0.6 is 0 Å². The number of amides is 1. The van der Waals surface area contributed by atoms with Crippen LogP contribution in [0.4, 0.5) is 5.69 Å². The molecule has 0 spiro atoms. The first-order valence-electron chi connectivity index (χ1n) is 8.31. The van der Waals surface area contributed by atoms with Crippen LogP contribution in [0.1, 0.15) is 28.8 Å². The van der Waals surface area contributed by atoms with E-state index in [9.17, 15) is 14.4 Å². The molecule has 3 aromatic rings. The second-order valence-electron chi connectivity index (χ2n) is 5.90. The number of esters is 1. The molecule has 0 radical (unpaired) electrons. The predicted molar refractivity (Wildman–Crippen MR) is 96.6 cm³/mol. The highest BCUT2D eigenvalue weighted by Gasteiger charge is 2.24. The van der Waals surface area contributed by atoms with Gasteiger partial charge in [-0.3, -0.25) is 14.2 Å². The van der Waals surface area contributed by atoms with Gasteiger partial charge in [-0.25, -0.2) is 4.79 Å². The van der Waals surface area contributed by atoms with Gasteiger partial charge in [-0.1, -0.05) is 17.3 Å². The van der Waals surface area contributed by atoms with Crippen LogP contribution in [0.25, 0.3) is 11.1 Å². The number of aryl methyl sites for hydroxylation is 2. The van der Waals surface area contributed by atoms with Gasteiger partial charge >= 0.3 is 5.97 Å². The maximum absolute atomic E-state index is 12.8. The highest BCUT2D eigenvalue weighted by atomic mass is 16.5. The van der Waals surface area contributed by atoms with Crippen molar-refractivity contribution in [2.45, 2.75) is 27.3 Å². The molecule has 0 atom stereocenters. The first-order valence-corrected chi connectivity index (χ1v) is 8.31. The molecular weight excluding hydrogens is 352 g/mol. The molecule has 2 aromatic heterocycles. The van der Waals surface area contributed by atoms with Gasteiger partial charge in [0.25, 0.3) is 11.3 Å². The van der Waals surface area contributed by atoms with Crippen LogP contribution in [0.3, 0.4) is 0 Å². The lowest BCUT2D eigenvalue weighted by molar-refractivity contribution is -0.116. The number of hydrogen-bond acceptors (Lipinski definition) is 7. The van der Waals surface area contributed by atoms with Gasteiger partial charge in [0, 0.05) is 5.69 Å². The van der Waals surface area contributed by atoms with Gasteiger partial charge in [-0.2, -0.15) is 4.98 Å². The van der Waals surface area contributed by atoms with Crippen molar-refractivity contribution in [3.8, 4) is 0 Å². The van der Waals surface area contributed by atoms with E-state index in [1.807, 2.05) is 25.1 Å². The van der Waals surface area contributed by atoms with Crippen LogP contribution in [0.2, 0.25) is 0 Å². The molecule has 1 amide bonds. The molecule has 0 aliphatic rings. The number of rotatable bonds is 5. The molecule has 9 nitrogen and oxygen atoms in total. The summed E-state index contributed by atoms with van der Waals surface area (Å²) in [4.78, 5) is 41.3. The third-order valence-corrected chi connectivity index (χ3v) is 3.86. The number of anilines is 1. The van der Waals surface area contributed by atoms with E-state index < -0.39 is 17.4 Å². The zero-order valence-electron chi connectivity index (χ0n) is 15.1. The monoisotopic (exact) mass is 370 g/mol. The van der Waals surface area contributed by atoms with Crippen LogP contribution in [-0.4, -0.2) is 33.2 Å². The fraction of sp³-hybridized carbons (Fsp3) is 0.278. The van der Waals surface area contributed by atoms with E-state index in [4.69, 9.17) is 9.26 Å². The fourth-order valence-electron chi connectivity index (χ4n) is 2.63. The summed E-state index contributed by atoms with van der Waals surface area (Å²) in [6.07, 6.45) is 0. The smallest absolute Gasteiger partial charge is 0.361 e. The number of benzene rings is 1. The van der Waals surface area contributed by atoms with Crippen molar-refractivity contribution in [2.75, 3.05) is 11.9 Å². The molecule has 0 unspecified atom stereocenters. The summed E-state index contributed by atoms with van der Waals surface area (Å²) in [5, 5.41) is 6.21. The summed E-state index contributed by atoms with van der Waals surface area (Å²) >= 11 is 0. The van der Waals surface area contributed by atoms with E-state index in [0.717, 1.165) is 10.1 Å². The van der Waals surface area contributed by atoms with Crippen LogP contribution in [0, 0.1) is 13.8 Å². The average Bonchev–Trinajstić information content (AvgIpc) is 3.03. The van der Waals surface area contributed by atoms with E-state index in [0.29, 0.717) is 5.69 Å². The Labute approximate surface area is 153 Å². The minimum absolute atomic E-state index is 0.0732. The number of hydrogen-bond donors (Lipinski definition) is 1. The number of carbonyl (C=O) groups excluding carboxylic acids is 2. The van der Waals surface area contributed by atoms with E-state index >= 15 is 0 Å². The van der Waals surface area contributed by atoms with Gasteiger partial charge in [0.2, 0.25) is 11.6 Å². The van der Waals surface area contributed by atoms with Crippen molar-refractivity contribution in [1.29, 1.82) is 0 Å². The summed E-state index contributed by atoms with van der Waals surface area (Å²) in [7, 11) is 0. The molecule has 0 fully saturated rings. The summed E-state index contributed by atoms with van der Waals surface area (Å²) in [6, 6.07) is 7.29. The molecule has 0 saturated heterocycles. The van der Waals surface area contributed by atoms with Crippen LogP contribution in [0.15, 0.2) is 33.6 Å². The van der Waals surface area contributed by atoms with Crippen LogP contribution in [-0.2, 0) is 16.1 Å². The summed E-state index contributed by atoms with van der Waals surface area (Å²) < 4.78 is 11.0. The number of nitrogens with one attached hydrogen (secondary N) is 1. The molecule has 2 heterocycles. The lowest BCUT2D eigenvalue weighted by Gasteiger charge is -2.10. The minimum Gasteiger partial charge on any atom is -0.461 e. The Morgan fingerprint density at radius 3 is 2.78 bits per heavy atom. The summed E-state index contributed by atoms with van der Waals surface area (Å²) in [5.74, 6) is -0.922. The lowest BCUT2D eigenvalue weighted by atomic mass is 10.2. The van der Waals surface area contributed by atoms with Crippen molar-refractivity contribution in [3.63, 3.8) is 0 Å². The Kier molecular flexibility index (Phi) is 5.02. The number of carbonyl (C=O) groups is 2. The van der Waals surface area contributed by atoms with Crippen molar-refractivity contribution < 1.29 is 18.8 Å². The van der Waals surface area contributed by atoms with Crippen molar-refractivity contribution >= 4 is 28.7 Å². The SMILES string of the molecule is CCOC(=O)c1noc2nc(C)n(CC(=O)Nc3cccc(C)c3)c(=O)c12. The third-order valence-electron chi connectivity index (χ3n) is 3.86. The molecule has 3 rings (SSSR count). The van der Waals surface area contributed by atoms with Gasteiger partial charge in [-0.15, -0.1) is 0 Å². The highest BCUT2D eigenvalue weighted by Crippen LogP contribution is 2.15. The zero-order valence-corrected chi connectivity index (χ0v) is 15.1. The molecule has 140 valence electrons. The van der Waals surface area contributed by atoms with E-state index in [2.05, 4.69) is 15.5 Å². The molecule has 0 bridgehead atoms. The molecule has 1 N–H and O–H groups in total. The number of aromatic nitrogens is 3. The Morgan fingerprint density at radius 1 is 1.30 bits per heavy atom. The minimum atomic E-state index is -0.783. The van der Waals surface area contributed by atoms with E-state index in [-0.39, 0.29) is 35.8 Å². The van der Waals surface area contributed by atoms with E-state index in [1.165, 1.54) is 0 Å². The normalized spacial score (nSPS) is 10.8. The van der Waals surface area contributed by atoms with Crippen molar-refractivity contribution in [2.24, 2.45) is 0 Å². The molecule has 1 aromatic carbocycles. The van der Waals surface area contributed by atoms with Gasteiger partial charge < -0.3 is 14.6 Å².